The molecule has 0 aromatic rings. The molecule has 1 heterocycles. The second-order valence-electron chi connectivity index (χ2n) is 1.95. The second kappa shape index (κ2) is 1.67. The molecule has 2 N–H and O–H groups in total. The third-order valence-corrected chi connectivity index (χ3v) is 1.38. The van der Waals surface area contributed by atoms with E-state index >= 15 is 0 Å². The fraction of sp³-hybridized carbons (Fsp3) is 0.600. The lowest BCUT2D eigenvalue weighted by molar-refractivity contribution is -0.0749. The first kappa shape index (κ1) is 5.44. The van der Waals surface area contributed by atoms with Crippen LogP contribution in [0.4, 0.5) is 0 Å². The van der Waals surface area contributed by atoms with Crippen LogP contribution in [0.3, 0.4) is 0 Å². The molecule has 1 rings (SSSR count). The molecule has 0 aromatic carbocycles. The Morgan fingerprint density at radius 2 is 2.50 bits per heavy atom. The normalized spacial score (nSPS) is 29.8. The lowest BCUT2D eigenvalue weighted by atomic mass is 10.3. The van der Waals surface area contributed by atoms with E-state index < -0.39 is 0 Å². The quantitative estimate of drug-likeness (QED) is 0.483. The van der Waals surface area contributed by atoms with Crippen LogP contribution in [-0.2, 0) is 4.84 Å². The number of hydroxylamine groups is 2. The number of hydrogen-bond acceptors (Lipinski definition) is 3. The monoisotopic (exact) mass is 114 g/mol. The van der Waals surface area contributed by atoms with Gasteiger partial charge in [0.2, 0.25) is 0 Å². The molecular weight excluding hydrogens is 104 g/mol. The Labute approximate surface area is 48.7 Å². The van der Waals surface area contributed by atoms with Crippen molar-refractivity contribution >= 4 is 0 Å². The van der Waals surface area contributed by atoms with Crippen LogP contribution < -0.4 is 5.73 Å². The van der Waals surface area contributed by atoms with Crippen molar-refractivity contribution < 1.29 is 4.84 Å². The molecule has 1 atom stereocenters. The second-order valence-corrected chi connectivity index (χ2v) is 1.95. The van der Waals surface area contributed by atoms with Crippen molar-refractivity contribution in [3.05, 3.63) is 12.0 Å². The van der Waals surface area contributed by atoms with Crippen molar-refractivity contribution in [2.24, 2.45) is 5.73 Å². The Hall–Kier alpha value is -0.700. The van der Waals surface area contributed by atoms with Gasteiger partial charge in [-0.05, 0) is 6.92 Å². The van der Waals surface area contributed by atoms with E-state index in [0.717, 1.165) is 5.70 Å². The Morgan fingerprint density at radius 1 is 1.88 bits per heavy atom. The highest BCUT2D eigenvalue weighted by Crippen LogP contribution is 2.10. The van der Waals surface area contributed by atoms with Crippen LogP contribution in [-0.4, -0.2) is 18.2 Å². The molecule has 0 radical (unpaired) electrons. The Bertz CT molecular complexity index is 122. The van der Waals surface area contributed by atoms with Gasteiger partial charge < -0.3 is 10.6 Å². The van der Waals surface area contributed by atoms with Crippen molar-refractivity contribution in [3.63, 3.8) is 0 Å². The summed E-state index contributed by atoms with van der Waals surface area (Å²) in [5.41, 5.74) is 6.25. The fourth-order valence-electron chi connectivity index (χ4n) is 0.544. The summed E-state index contributed by atoms with van der Waals surface area (Å²) < 4.78 is 0. The summed E-state index contributed by atoms with van der Waals surface area (Å²) in [5, 5.41) is 1.70. The van der Waals surface area contributed by atoms with Crippen LogP contribution in [0.2, 0.25) is 0 Å². The zero-order chi connectivity index (χ0) is 6.15. The lowest BCUT2D eigenvalue weighted by Gasteiger charge is -2.12. The average Bonchev–Trinajstić information content (AvgIpc) is 1.98. The van der Waals surface area contributed by atoms with E-state index in [4.69, 9.17) is 10.6 Å². The molecule has 0 amide bonds. The topological polar surface area (TPSA) is 38.5 Å². The smallest absolute Gasteiger partial charge is 0.132 e. The van der Waals surface area contributed by atoms with Crippen molar-refractivity contribution in [3.8, 4) is 0 Å². The van der Waals surface area contributed by atoms with Crippen LogP contribution in [0.25, 0.3) is 0 Å². The molecule has 0 saturated carbocycles. The van der Waals surface area contributed by atoms with Crippen LogP contribution in [0.5, 0.6) is 0 Å². The maximum Gasteiger partial charge on any atom is 0.132 e. The molecule has 0 spiro atoms. The van der Waals surface area contributed by atoms with Gasteiger partial charge in [0.15, 0.2) is 0 Å². The molecule has 0 aliphatic carbocycles. The maximum atomic E-state index is 5.46. The molecular formula is C5H10N2O. The first-order valence-electron chi connectivity index (χ1n) is 2.57. The summed E-state index contributed by atoms with van der Waals surface area (Å²) in [6.07, 6.45) is 1.56. The molecule has 0 aromatic heterocycles. The third kappa shape index (κ3) is 0.648. The summed E-state index contributed by atoms with van der Waals surface area (Å²) in [6.45, 7) is 1.98. The molecule has 0 saturated heterocycles. The SMILES string of the molecule is CC1C(N)=CON1C. The van der Waals surface area contributed by atoms with E-state index in [0.29, 0.717) is 0 Å². The molecule has 46 valence electrons. The number of nitrogens with zero attached hydrogens (tertiary/aromatic N) is 1. The molecule has 0 fully saturated rings. The minimum Gasteiger partial charge on any atom is -0.412 e. The van der Waals surface area contributed by atoms with Gasteiger partial charge in [0.05, 0.1) is 11.7 Å². The van der Waals surface area contributed by atoms with Crippen LogP contribution in [0, 0.1) is 0 Å². The van der Waals surface area contributed by atoms with Gasteiger partial charge in [-0.2, -0.15) is 0 Å². The molecule has 1 aliphatic rings. The van der Waals surface area contributed by atoms with Crippen molar-refractivity contribution in [1.29, 1.82) is 0 Å². The highest BCUT2D eigenvalue weighted by molar-refractivity contribution is 5.03. The first-order valence-corrected chi connectivity index (χ1v) is 2.57. The fourth-order valence-corrected chi connectivity index (χ4v) is 0.544. The van der Waals surface area contributed by atoms with Gasteiger partial charge in [-0.25, -0.2) is 0 Å². The van der Waals surface area contributed by atoms with Gasteiger partial charge in [-0.3, -0.25) is 0 Å². The van der Waals surface area contributed by atoms with Crippen LogP contribution in [0.1, 0.15) is 6.92 Å². The highest BCUT2D eigenvalue weighted by Gasteiger charge is 2.18. The standard InChI is InChI=1S/C5H10N2O/c1-4-5(6)3-8-7(4)2/h3-4H,6H2,1-2H3. The number of hydrogen-bond donors (Lipinski definition) is 1. The van der Waals surface area contributed by atoms with E-state index in [2.05, 4.69) is 0 Å². The summed E-state index contributed by atoms with van der Waals surface area (Å²) >= 11 is 0. The molecule has 3 nitrogen and oxygen atoms in total. The van der Waals surface area contributed by atoms with Crippen LogP contribution in [0.15, 0.2) is 12.0 Å². The summed E-state index contributed by atoms with van der Waals surface area (Å²) in [4.78, 5) is 4.92. The zero-order valence-corrected chi connectivity index (χ0v) is 5.09. The van der Waals surface area contributed by atoms with E-state index in [-0.39, 0.29) is 6.04 Å². The Balaban J connectivity index is 2.59. The Kier molecular flexibility index (Phi) is 1.13. The van der Waals surface area contributed by atoms with E-state index in [1.807, 2.05) is 14.0 Å². The zero-order valence-electron chi connectivity index (χ0n) is 5.09. The minimum atomic E-state index is 0.231. The molecule has 3 heteroatoms. The van der Waals surface area contributed by atoms with Crippen LogP contribution >= 0.6 is 0 Å². The highest BCUT2D eigenvalue weighted by atomic mass is 16.7. The van der Waals surface area contributed by atoms with Gasteiger partial charge in [0.1, 0.15) is 6.26 Å². The molecule has 0 bridgehead atoms. The minimum absolute atomic E-state index is 0.231. The van der Waals surface area contributed by atoms with Crippen molar-refractivity contribution in [2.75, 3.05) is 7.05 Å². The summed E-state index contributed by atoms with van der Waals surface area (Å²) in [6, 6.07) is 0.231. The van der Waals surface area contributed by atoms with Gasteiger partial charge in [-0.1, -0.05) is 0 Å². The van der Waals surface area contributed by atoms with Crippen molar-refractivity contribution in [1.82, 2.24) is 5.06 Å². The summed E-state index contributed by atoms with van der Waals surface area (Å²) in [7, 11) is 1.85. The molecule has 1 unspecified atom stereocenters. The maximum absolute atomic E-state index is 5.46. The Morgan fingerprint density at radius 3 is 2.62 bits per heavy atom. The first-order chi connectivity index (χ1) is 3.72. The number of rotatable bonds is 0. The van der Waals surface area contributed by atoms with Gasteiger partial charge in [0.25, 0.3) is 0 Å². The van der Waals surface area contributed by atoms with E-state index in [9.17, 15) is 0 Å². The van der Waals surface area contributed by atoms with Gasteiger partial charge in [-0.15, -0.1) is 5.06 Å². The van der Waals surface area contributed by atoms with Gasteiger partial charge in [0, 0.05) is 7.05 Å². The third-order valence-electron chi connectivity index (χ3n) is 1.38. The summed E-state index contributed by atoms with van der Waals surface area (Å²) in [5.74, 6) is 0. The number of nitrogens with two attached hydrogens (primary N) is 1. The van der Waals surface area contributed by atoms with Gasteiger partial charge >= 0.3 is 0 Å². The predicted octanol–water partition coefficient (Wildman–Crippen LogP) is 0.0520. The largest absolute Gasteiger partial charge is 0.412 e. The number of likely N-dealkylation sites (N-methyl/N-ethyl adjacent to an activating group) is 1. The predicted molar refractivity (Wildman–Crippen MR) is 30.6 cm³/mol. The molecule has 8 heavy (non-hydrogen) atoms. The van der Waals surface area contributed by atoms with Crippen molar-refractivity contribution in [2.45, 2.75) is 13.0 Å². The van der Waals surface area contributed by atoms with E-state index in [1.54, 1.807) is 11.3 Å². The average molecular weight is 114 g/mol. The lowest BCUT2D eigenvalue weighted by Crippen LogP contribution is -2.25. The van der Waals surface area contributed by atoms with E-state index in [1.165, 1.54) is 0 Å². The molecule has 1 aliphatic heterocycles.